The summed E-state index contributed by atoms with van der Waals surface area (Å²) in [5.74, 6) is 4.28. The lowest BCUT2D eigenvalue weighted by Crippen LogP contribution is -2.38. The van der Waals surface area contributed by atoms with Gasteiger partial charge in [0.25, 0.3) is 0 Å². The molecule has 0 aliphatic carbocycles. The van der Waals surface area contributed by atoms with Crippen molar-refractivity contribution in [3.8, 4) is 0 Å². The number of hydrogen-bond donors (Lipinski definition) is 2. The third kappa shape index (κ3) is 6.07. The minimum absolute atomic E-state index is 0.123. The zero-order valence-corrected chi connectivity index (χ0v) is 11.0. The minimum atomic E-state index is -0.582. The van der Waals surface area contributed by atoms with Crippen LogP contribution < -0.4 is 11.3 Å². The number of ether oxygens (including phenoxy) is 2. The Labute approximate surface area is 111 Å². The highest BCUT2D eigenvalue weighted by molar-refractivity contribution is 5.19. The molecule has 1 aromatic carbocycles. The molecule has 4 nitrogen and oxygen atoms in total. The Balaban J connectivity index is 2.39. The van der Waals surface area contributed by atoms with Gasteiger partial charge in [-0.1, -0.05) is 6.07 Å². The largest absolute Gasteiger partial charge is 0.382 e. The van der Waals surface area contributed by atoms with Crippen molar-refractivity contribution in [1.82, 2.24) is 5.43 Å². The van der Waals surface area contributed by atoms with Gasteiger partial charge in [0.1, 0.15) is 11.6 Å². The first-order chi connectivity index (χ1) is 9.17. The van der Waals surface area contributed by atoms with Crippen LogP contribution >= 0.6 is 0 Å². The monoisotopic (exact) mass is 274 g/mol. The lowest BCUT2D eigenvalue weighted by Gasteiger charge is -2.16. The molecule has 0 aromatic heterocycles. The van der Waals surface area contributed by atoms with Crippen LogP contribution in [0.2, 0.25) is 0 Å². The quantitative estimate of drug-likeness (QED) is 0.406. The van der Waals surface area contributed by atoms with Gasteiger partial charge in [0.05, 0.1) is 13.2 Å². The Bertz CT molecular complexity index is 378. The number of nitrogens with two attached hydrogens (primary N) is 1. The summed E-state index contributed by atoms with van der Waals surface area (Å²) in [5.41, 5.74) is 3.04. The first kappa shape index (κ1) is 16.0. The molecule has 0 bridgehead atoms. The average molecular weight is 274 g/mol. The maximum atomic E-state index is 13.5. The van der Waals surface area contributed by atoms with Gasteiger partial charge in [-0.3, -0.25) is 11.3 Å². The molecule has 0 aliphatic rings. The first-order valence-electron chi connectivity index (χ1n) is 6.14. The van der Waals surface area contributed by atoms with E-state index in [1.54, 1.807) is 7.11 Å². The number of hydrazine groups is 1. The summed E-state index contributed by atoms with van der Waals surface area (Å²) >= 11 is 0. The second-order valence-electron chi connectivity index (χ2n) is 4.20. The molecule has 1 unspecified atom stereocenters. The summed E-state index contributed by atoms with van der Waals surface area (Å²) in [6.45, 7) is 1.55. The zero-order chi connectivity index (χ0) is 14.1. The SMILES string of the molecule is COCCOCCC(Cc1ccc(F)cc1F)NN. The fourth-order valence-electron chi connectivity index (χ4n) is 1.67. The van der Waals surface area contributed by atoms with Crippen molar-refractivity contribution in [2.24, 2.45) is 5.84 Å². The van der Waals surface area contributed by atoms with E-state index in [1.165, 1.54) is 12.1 Å². The van der Waals surface area contributed by atoms with E-state index in [-0.39, 0.29) is 6.04 Å². The third-order valence-electron chi connectivity index (χ3n) is 2.76. The van der Waals surface area contributed by atoms with E-state index in [0.29, 0.717) is 38.2 Å². The Morgan fingerprint density at radius 3 is 2.68 bits per heavy atom. The molecule has 108 valence electrons. The van der Waals surface area contributed by atoms with E-state index in [4.69, 9.17) is 15.3 Å². The van der Waals surface area contributed by atoms with Crippen molar-refractivity contribution in [2.45, 2.75) is 18.9 Å². The molecule has 0 saturated carbocycles. The van der Waals surface area contributed by atoms with Crippen molar-refractivity contribution >= 4 is 0 Å². The van der Waals surface area contributed by atoms with Gasteiger partial charge >= 0.3 is 0 Å². The minimum Gasteiger partial charge on any atom is -0.382 e. The molecule has 0 aliphatic heterocycles. The van der Waals surface area contributed by atoms with E-state index >= 15 is 0 Å². The summed E-state index contributed by atoms with van der Waals surface area (Å²) in [6, 6.07) is 3.42. The summed E-state index contributed by atoms with van der Waals surface area (Å²) < 4.78 is 36.4. The molecule has 1 rings (SSSR count). The van der Waals surface area contributed by atoms with E-state index < -0.39 is 11.6 Å². The molecule has 1 aromatic rings. The molecular formula is C13H20F2N2O2. The highest BCUT2D eigenvalue weighted by Gasteiger charge is 2.11. The maximum absolute atomic E-state index is 13.5. The Morgan fingerprint density at radius 2 is 2.05 bits per heavy atom. The van der Waals surface area contributed by atoms with Crippen molar-refractivity contribution in [3.05, 3.63) is 35.4 Å². The van der Waals surface area contributed by atoms with E-state index in [9.17, 15) is 8.78 Å². The van der Waals surface area contributed by atoms with Crippen molar-refractivity contribution in [3.63, 3.8) is 0 Å². The molecule has 0 fully saturated rings. The molecule has 19 heavy (non-hydrogen) atoms. The molecule has 0 radical (unpaired) electrons. The molecule has 6 heteroatoms. The van der Waals surface area contributed by atoms with Gasteiger partial charge in [-0.2, -0.15) is 0 Å². The van der Waals surface area contributed by atoms with Crippen molar-refractivity contribution in [2.75, 3.05) is 26.9 Å². The average Bonchev–Trinajstić information content (AvgIpc) is 2.39. The summed E-state index contributed by atoms with van der Waals surface area (Å²) in [5, 5.41) is 0. The van der Waals surface area contributed by atoms with Gasteiger partial charge in [0.2, 0.25) is 0 Å². The molecular weight excluding hydrogens is 254 g/mol. The van der Waals surface area contributed by atoms with Crippen LogP contribution in [0.3, 0.4) is 0 Å². The second-order valence-corrected chi connectivity index (χ2v) is 4.20. The Morgan fingerprint density at radius 1 is 1.26 bits per heavy atom. The van der Waals surface area contributed by atoms with Gasteiger partial charge in [-0.05, 0) is 24.5 Å². The van der Waals surface area contributed by atoms with Crippen LogP contribution in [0, 0.1) is 11.6 Å². The number of halogens is 2. The van der Waals surface area contributed by atoms with Gasteiger partial charge in [-0.25, -0.2) is 8.78 Å². The Hall–Kier alpha value is -1.08. The summed E-state index contributed by atoms with van der Waals surface area (Å²) in [7, 11) is 1.60. The lowest BCUT2D eigenvalue weighted by atomic mass is 10.0. The molecule has 0 spiro atoms. The number of rotatable bonds is 9. The second kappa shape index (κ2) is 8.92. The van der Waals surface area contributed by atoms with Gasteiger partial charge in [0, 0.05) is 25.8 Å². The lowest BCUT2D eigenvalue weighted by molar-refractivity contribution is 0.0658. The fraction of sp³-hybridized carbons (Fsp3) is 0.538. The van der Waals surface area contributed by atoms with Crippen LogP contribution in [0.4, 0.5) is 8.78 Å². The maximum Gasteiger partial charge on any atom is 0.129 e. The van der Waals surface area contributed by atoms with Crippen molar-refractivity contribution in [1.29, 1.82) is 0 Å². The number of nitrogens with one attached hydrogen (secondary N) is 1. The third-order valence-corrected chi connectivity index (χ3v) is 2.76. The summed E-state index contributed by atoms with van der Waals surface area (Å²) in [6.07, 6.45) is 1.02. The molecule has 0 amide bonds. The standard InChI is InChI=1S/C13H20F2N2O2/c1-18-6-7-19-5-4-12(17-16)8-10-2-3-11(14)9-13(10)15/h2-3,9,12,17H,4-8,16H2,1H3. The van der Waals surface area contributed by atoms with E-state index in [0.717, 1.165) is 6.07 Å². The van der Waals surface area contributed by atoms with Crippen LogP contribution in [0.1, 0.15) is 12.0 Å². The molecule has 1 atom stereocenters. The smallest absolute Gasteiger partial charge is 0.129 e. The number of hydrogen-bond acceptors (Lipinski definition) is 4. The molecule has 0 heterocycles. The van der Waals surface area contributed by atoms with E-state index in [1.807, 2.05) is 0 Å². The first-order valence-corrected chi connectivity index (χ1v) is 6.14. The van der Waals surface area contributed by atoms with Gasteiger partial charge in [-0.15, -0.1) is 0 Å². The highest BCUT2D eigenvalue weighted by Crippen LogP contribution is 2.12. The fourth-order valence-corrected chi connectivity index (χ4v) is 1.67. The zero-order valence-electron chi connectivity index (χ0n) is 11.0. The Kier molecular flexibility index (Phi) is 7.50. The highest BCUT2D eigenvalue weighted by atomic mass is 19.1. The van der Waals surface area contributed by atoms with Gasteiger partial charge < -0.3 is 9.47 Å². The van der Waals surface area contributed by atoms with Crippen LogP contribution in [0.15, 0.2) is 18.2 Å². The van der Waals surface area contributed by atoms with Crippen LogP contribution in [0.5, 0.6) is 0 Å². The number of benzene rings is 1. The molecule has 0 saturated heterocycles. The van der Waals surface area contributed by atoms with Crippen LogP contribution in [0.25, 0.3) is 0 Å². The summed E-state index contributed by atoms with van der Waals surface area (Å²) in [4.78, 5) is 0. The van der Waals surface area contributed by atoms with Crippen LogP contribution in [-0.4, -0.2) is 33.0 Å². The predicted molar refractivity (Wildman–Crippen MR) is 68.5 cm³/mol. The number of methoxy groups -OCH3 is 1. The normalized spacial score (nSPS) is 12.6. The van der Waals surface area contributed by atoms with Crippen molar-refractivity contribution < 1.29 is 18.3 Å². The van der Waals surface area contributed by atoms with Gasteiger partial charge in [0.15, 0.2) is 0 Å². The van der Waals surface area contributed by atoms with Crippen LogP contribution in [-0.2, 0) is 15.9 Å². The van der Waals surface area contributed by atoms with E-state index in [2.05, 4.69) is 5.43 Å². The molecule has 3 N–H and O–H groups in total. The topological polar surface area (TPSA) is 56.5 Å². The predicted octanol–water partition coefficient (Wildman–Crippen LogP) is 1.39.